The first kappa shape index (κ1) is 19.5. The smallest absolute Gasteiger partial charge is 0.337 e. The number of sulfonamides is 1. The highest BCUT2D eigenvalue weighted by molar-refractivity contribution is 7.88. The van der Waals surface area contributed by atoms with Crippen molar-refractivity contribution >= 4 is 33.5 Å². The molecular formula is C15H19ClN2O6S. The molecule has 0 radical (unpaired) electrons. The second kappa shape index (κ2) is 8.03. The van der Waals surface area contributed by atoms with Gasteiger partial charge in [-0.15, -0.1) is 0 Å². The molecule has 1 heterocycles. The summed E-state index contributed by atoms with van der Waals surface area (Å²) in [6.45, 7) is 0.920. The molecule has 1 saturated heterocycles. The Hall–Kier alpha value is -1.84. The van der Waals surface area contributed by atoms with Crippen molar-refractivity contribution in [3.8, 4) is 5.75 Å². The quantitative estimate of drug-likeness (QED) is 0.684. The molecule has 0 saturated carbocycles. The van der Waals surface area contributed by atoms with Crippen molar-refractivity contribution in [2.75, 3.05) is 46.2 Å². The number of hydrogen-bond donors (Lipinski definition) is 0. The van der Waals surface area contributed by atoms with Crippen LogP contribution >= 0.6 is 11.6 Å². The third-order valence-corrected chi connectivity index (χ3v) is 5.36. The molecule has 0 unspecified atom stereocenters. The maximum atomic E-state index is 12.2. The van der Waals surface area contributed by atoms with Gasteiger partial charge in [-0.1, -0.05) is 11.6 Å². The molecule has 1 aliphatic rings. The summed E-state index contributed by atoms with van der Waals surface area (Å²) >= 11 is 6.04. The number of ether oxygens (including phenoxy) is 2. The Morgan fingerprint density at radius 1 is 1.20 bits per heavy atom. The van der Waals surface area contributed by atoms with Crippen molar-refractivity contribution in [2.45, 2.75) is 0 Å². The third kappa shape index (κ3) is 5.07. The fourth-order valence-corrected chi connectivity index (χ4v) is 3.42. The van der Waals surface area contributed by atoms with E-state index in [2.05, 4.69) is 4.74 Å². The number of hydrogen-bond acceptors (Lipinski definition) is 6. The number of amides is 1. The van der Waals surface area contributed by atoms with Crippen molar-refractivity contribution in [2.24, 2.45) is 0 Å². The number of halogens is 1. The maximum absolute atomic E-state index is 12.2. The van der Waals surface area contributed by atoms with E-state index in [0.29, 0.717) is 13.1 Å². The summed E-state index contributed by atoms with van der Waals surface area (Å²) in [5.74, 6) is -0.507. The molecule has 1 aliphatic heterocycles. The topological polar surface area (TPSA) is 93.2 Å². The number of carbonyl (C=O) groups is 2. The zero-order valence-corrected chi connectivity index (χ0v) is 15.5. The van der Waals surface area contributed by atoms with Gasteiger partial charge >= 0.3 is 5.97 Å². The van der Waals surface area contributed by atoms with E-state index >= 15 is 0 Å². The molecule has 1 fully saturated rings. The van der Waals surface area contributed by atoms with Crippen LogP contribution in [0.15, 0.2) is 18.2 Å². The Balaban J connectivity index is 1.89. The van der Waals surface area contributed by atoms with Crippen molar-refractivity contribution < 1.29 is 27.5 Å². The predicted octanol–water partition coefficient (Wildman–Crippen LogP) is 0.609. The first-order chi connectivity index (χ1) is 11.7. The highest BCUT2D eigenvalue weighted by Gasteiger charge is 2.26. The van der Waals surface area contributed by atoms with Crippen molar-refractivity contribution in [3.63, 3.8) is 0 Å². The van der Waals surface area contributed by atoms with Crippen molar-refractivity contribution in [3.05, 3.63) is 28.8 Å². The molecule has 0 bridgehead atoms. The van der Waals surface area contributed by atoms with Gasteiger partial charge in [-0.25, -0.2) is 13.2 Å². The Labute approximate surface area is 151 Å². The van der Waals surface area contributed by atoms with Crippen LogP contribution in [-0.2, 0) is 19.6 Å². The van der Waals surface area contributed by atoms with Gasteiger partial charge in [0.2, 0.25) is 10.0 Å². The van der Waals surface area contributed by atoms with Crippen LogP contribution in [0.2, 0.25) is 5.02 Å². The molecule has 0 aromatic heterocycles. The minimum Gasteiger partial charge on any atom is -0.482 e. The molecule has 0 spiro atoms. The fraction of sp³-hybridized carbons (Fsp3) is 0.467. The van der Waals surface area contributed by atoms with Crippen LogP contribution in [0.3, 0.4) is 0 Å². The molecule has 1 amide bonds. The summed E-state index contributed by atoms with van der Waals surface area (Å²) < 4.78 is 34.3. The molecule has 1 aromatic carbocycles. The lowest BCUT2D eigenvalue weighted by molar-refractivity contribution is -0.134. The van der Waals surface area contributed by atoms with E-state index in [1.54, 1.807) is 4.90 Å². The fourth-order valence-electron chi connectivity index (χ4n) is 2.36. The van der Waals surface area contributed by atoms with E-state index in [9.17, 15) is 18.0 Å². The van der Waals surface area contributed by atoms with Gasteiger partial charge in [-0.2, -0.15) is 4.31 Å². The van der Waals surface area contributed by atoms with E-state index < -0.39 is 16.0 Å². The molecule has 1 aromatic rings. The van der Waals surface area contributed by atoms with Crippen LogP contribution in [0.4, 0.5) is 0 Å². The average Bonchev–Trinajstić information content (AvgIpc) is 2.59. The number of piperazine rings is 1. The van der Waals surface area contributed by atoms with Gasteiger partial charge < -0.3 is 14.4 Å². The summed E-state index contributed by atoms with van der Waals surface area (Å²) in [7, 11) is -1.97. The van der Waals surface area contributed by atoms with E-state index in [1.807, 2.05) is 0 Å². The Bertz CT molecular complexity index is 759. The Morgan fingerprint density at radius 3 is 2.36 bits per heavy atom. The number of carbonyl (C=O) groups excluding carboxylic acids is 2. The number of rotatable bonds is 5. The zero-order chi connectivity index (χ0) is 18.6. The number of methoxy groups -OCH3 is 1. The molecule has 0 aliphatic carbocycles. The first-order valence-corrected chi connectivity index (χ1v) is 9.68. The molecular weight excluding hydrogens is 372 g/mol. The number of benzene rings is 1. The van der Waals surface area contributed by atoms with E-state index in [-0.39, 0.29) is 41.9 Å². The van der Waals surface area contributed by atoms with Crippen molar-refractivity contribution in [1.82, 2.24) is 9.21 Å². The van der Waals surface area contributed by atoms with Gasteiger partial charge in [0.05, 0.1) is 24.0 Å². The van der Waals surface area contributed by atoms with Gasteiger partial charge in [0.25, 0.3) is 5.91 Å². The van der Waals surface area contributed by atoms with Crippen LogP contribution in [0.1, 0.15) is 10.4 Å². The summed E-state index contributed by atoms with van der Waals surface area (Å²) in [5, 5.41) is 0.192. The Kier molecular flexibility index (Phi) is 6.26. The minimum absolute atomic E-state index is 0.192. The van der Waals surface area contributed by atoms with Gasteiger partial charge in [0.15, 0.2) is 6.61 Å². The highest BCUT2D eigenvalue weighted by atomic mass is 35.5. The van der Waals surface area contributed by atoms with Crippen LogP contribution in [-0.4, -0.2) is 75.7 Å². The molecule has 8 nitrogen and oxygen atoms in total. The van der Waals surface area contributed by atoms with Gasteiger partial charge in [-0.3, -0.25) is 4.79 Å². The van der Waals surface area contributed by atoms with Gasteiger partial charge in [0.1, 0.15) is 5.75 Å². The monoisotopic (exact) mass is 390 g/mol. The largest absolute Gasteiger partial charge is 0.482 e. The summed E-state index contributed by atoms with van der Waals surface area (Å²) in [4.78, 5) is 25.1. The maximum Gasteiger partial charge on any atom is 0.337 e. The first-order valence-electron chi connectivity index (χ1n) is 7.46. The molecule has 0 N–H and O–H groups in total. The van der Waals surface area contributed by atoms with E-state index in [4.69, 9.17) is 16.3 Å². The third-order valence-electron chi connectivity index (χ3n) is 3.76. The molecule has 138 valence electrons. The van der Waals surface area contributed by atoms with Gasteiger partial charge in [-0.05, 0) is 18.2 Å². The van der Waals surface area contributed by atoms with E-state index in [0.717, 1.165) is 6.26 Å². The second-order valence-electron chi connectivity index (χ2n) is 5.47. The summed E-state index contributed by atoms with van der Waals surface area (Å²) in [5.41, 5.74) is 0.281. The normalized spacial score (nSPS) is 15.7. The second-order valence-corrected chi connectivity index (χ2v) is 7.86. The van der Waals surface area contributed by atoms with Crippen LogP contribution < -0.4 is 4.74 Å². The zero-order valence-electron chi connectivity index (χ0n) is 13.9. The number of esters is 1. The summed E-state index contributed by atoms with van der Waals surface area (Å²) in [6, 6.07) is 4.38. The van der Waals surface area contributed by atoms with Crippen LogP contribution in [0.5, 0.6) is 5.75 Å². The lowest BCUT2D eigenvalue weighted by Crippen LogP contribution is -2.51. The minimum atomic E-state index is -3.24. The van der Waals surface area contributed by atoms with Crippen LogP contribution in [0, 0.1) is 0 Å². The number of nitrogens with zero attached hydrogens (tertiary/aromatic N) is 2. The lowest BCUT2D eigenvalue weighted by Gasteiger charge is -2.33. The standard InChI is InChI=1S/C15H19ClN2O6S/c1-23-15(20)11-3-4-13(12(16)9-11)24-10-14(19)17-5-7-18(8-6-17)25(2,21)22/h3-4,9H,5-8,10H2,1-2H3. The lowest BCUT2D eigenvalue weighted by atomic mass is 10.2. The Morgan fingerprint density at radius 2 is 1.84 bits per heavy atom. The molecule has 10 heteroatoms. The highest BCUT2D eigenvalue weighted by Crippen LogP contribution is 2.25. The van der Waals surface area contributed by atoms with E-state index in [1.165, 1.54) is 29.6 Å². The van der Waals surface area contributed by atoms with Crippen LogP contribution in [0.25, 0.3) is 0 Å². The average molecular weight is 391 g/mol. The summed E-state index contributed by atoms with van der Waals surface area (Å²) in [6.07, 6.45) is 1.15. The molecule has 0 atom stereocenters. The molecule has 2 rings (SSSR count). The SMILES string of the molecule is COC(=O)c1ccc(OCC(=O)N2CCN(S(C)(=O)=O)CC2)c(Cl)c1. The van der Waals surface area contributed by atoms with Gasteiger partial charge in [0, 0.05) is 26.2 Å². The predicted molar refractivity (Wildman–Crippen MR) is 91.3 cm³/mol. The van der Waals surface area contributed by atoms with Crippen molar-refractivity contribution in [1.29, 1.82) is 0 Å². The molecule has 25 heavy (non-hydrogen) atoms.